The quantitative estimate of drug-likeness (QED) is 0.285. The summed E-state index contributed by atoms with van der Waals surface area (Å²) in [5, 5.41) is 4.89. The molecule has 1 aromatic heterocycles. The van der Waals surface area contributed by atoms with E-state index in [4.69, 9.17) is 21.1 Å². The molecule has 0 spiro atoms. The average Bonchev–Trinajstić information content (AvgIpc) is 3.72. The van der Waals surface area contributed by atoms with Crippen LogP contribution in [-0.2, 0) is 20.5 Å². The van der Waals surface area contributed by atoms with Crippen LogP contribution in [0.25, 0.3) is 5.69 Å². The van der Waals surface area contributed by atoms with E-state index in [2.05, 4.69) is 12.0 Å². The highest BCUT2D eigenvalue weighted by molar-refractivity contribution is 7.88. The Morgan fingerprint density at radius 2 is 1.79 bits per heavy atom. The maximum Gasteiger partial charge on any atom is 0.338 e. The van der Waals surface area contributed by atoms with E-state index in [1.54, 1.807) is 54.7 Å². The number of sulfonamides is 1. The van der Waals surface area contributed by atoms with Crippen LogP contribution < -0.4 is 15.2 Å². The fourth-order valence-corrected chi connectivity index (χ4v) is 6.50. The Kier molecular flexibility index (Phi) is 9.15. The summed E-state index contributed by atoms with van der Waals surface area (Å²) in [5.74, 6) is -0.310. The fourth-order valence-electron chi connectivity index (χ4n) is 4.81. The van der Waals surface area contributed by atoms with Crippen molar-refractivity contribution in [3.05, 3.63) is 81.2 Å². The Hall–Kier alpha value is -3.41. The summed E-state index contributed by atoms with van der Waals surface area (Å²) in [6.45, 7) is 7.90. The number of carbonyl (C=O) groups is 1. The van der Waals surface area contributed by atoms with Crippen LogP contribution in [0.5, 0.6) is 5.75 Å². The van der Waals surface area contributed by atoms with E-state index in [0.717, 1.165) is 12.8 Å². The monoisotopic (exact) mass is 628 g/mol. The van der Waals surface area contributed by atoms with Crippen molar-refractivity contribution in [3.8, 4) is 11.4 Å². The van der Waals surface area contributed by atoms with Gasteiger partial charge >= 0.3 is 11.5 Å². The molecule has 0 radical (unpaired) electrons. The molecule has 1 saturated carbocycles. The highest BCUT2D eigenvalue weighted by Crippen LogP contribution is 2.45. The molecule has 12 heteroatoms. The van der Waals surface area contributed by atoms with Gasteiger partial charge in [0, 0.05) is 36.6 Å². The number of halogens is 1. The Morgan fingerprint density at radius 3 is 2.47 bits per heavy atom. The van der Waals surface area contributed by atoms with Crippen molar-refractivity contribution in [3.63, 3.8) is 0 Å². The van der Waals surface area contributed by atoms with Crippen molar-refractivity contribution in [2.24, 2.45) is 11.3 Å². The van der Waals surface area contributed by atoms with Crippen LogP contribution in [0.4, 0.5) is 5.69 Å². The number of aromatic nitrogens is 2. The maximum absolute atomic E-state index is 13.6. The highest BCUT2D eigenvalue weighted by Gasteiger charge is 2.39. The number of hydrogen-bond donors (Lipinski definition) is 0. The summed E-state index contributed by atoms with van der Waals surface area (Å²) in [5.41, 5.74) is 1.55. The normalized spacial score (nSPS) is 16.7. The highest BCUT2D eigenvalue weighted by atomic mass is 35.5. The van der Waals surface area contributed by atoms with Gasteiger partial charge in [-0.3, -0.25) is 4.79 Å². The lowest BCUT2D eigenvalue weighted by atomic mass is 10.1. The van der Waals surface area contributed by atoms with Gasteiger partial charge in [0.05, 0.1) is 36.4 Å². The molecule has 2 aliphatic rings. The zero-order valence-corrected chi connectivity index (χ0v) is 26.2. The third kappa shape index (κ3) is 7.57. The molecule has 10 nitrogen and oxygen atoms in total. The smallest absolute Gasteiger partial charge is 0.338 e. The minimum absolute atomic E-state index is 0.0447. The molecule has 1 aliphatic heterocycles. The average molecular weight is 629 g/mol. The zero-order valence-electron chi connectivity index (χ0n) is 24.7. The third-order valence-electron chi connectivity index (χ3n) is 7.67. The number of hydrogen-bond acceptors (Lipinski definition) is 8. The minimum Gasteiger partial charge on any atom is -0.486 e. The van der Waals surface area contributed by atoms with Crippen molar-refractivity contribution < 1.29 is 22.7 Å². The van der Waals surface area contributed by atoms with Gasteiger partial charge in [-0.1, -0.05) is 50.6 Å². The summed E-state index contributed by atoms with van der Waals surface area (Å²) in [7, 11) is -3.67. The van der Waals surface area contributed by atoms with Gasteiger partial charge in [-0.25, -0.2) is 13.2 Å². The molecule has 3 aromatic rings. The first-order valence-electron chi connectivity index (χ1n) is 14.4. The Bertz CT molecular complexity index is 1650. The van der Waals surface area contributed by atoms with Crippen LogP contribution in [0.3, 0.4) is 0 Å². The fraction of sp³-hybridized carbons (Fsp3) is 0.452. The van der Waals surface area contributed by atoms with Crippen LogP contribution in [0.2, 0.25) is 5.02 Å². The van der Waals surface area contributed by atoms with Crippen molar-refractivity contribution in [1.29, 1.82) is 0 Å². The Balaban J connectivity index is 1.30. The molecule has 1 saturated heterocycles. The van der Waals surface area contributed by atoms with Gasteiger partial charge in [0.25, 0.3) is 0 Å². The molecule has 0 N–H and O–H groups in total. The molecule has 2 fully saturated rings. The molecule has 2 aromatic carbocycles. The van der Waals surface area contributed by atoms with Crippen LogP contribution in [-0.4, -0.2) is 67.9 Å². The summed E-state index contributed by atoms with van der Waals surface area (Å²) in [6.07, 6.45) is 3.67. The zero-order chi connectivity index (χ0) is 30.8. The number of esters is 1. The summed E-state index contributed by atoms with van der Waals surface area (Å²) < 4.78 is 40.9. The van der Waals surface area contributed by atoms with E-state index in [9.17, 15) is 18.0 Å². The van der Waals surface area contributed by atoms with Crippen LogP contribution >= 0.6 is 11.6 Å². The summed E-state index contributed by atoms with van der Waals surface area (Å²) >= 11 is 6.16. The number of ether oxygens (including phenoxy) is 2. The topological polar surface area (TPSA) is 111 Å². The van der Waals surface area contributed by atoms with E-state index >= 15 is 0 Å². The van der Waals surface area contributed by atoms with Gasteiger partial charge in [-0.15, -0.1) is 0 Å². The van der Waals surface area contributed by atoms with Gasteiger partial charge in [0.2, 0.25) is 15.8 Å². The van der Waals surface area contributed by atoms with Gasteiger partial charge < -0.3 is 14.4 Å². The maximum atomic E-state index is 13.6. The lowest BCUT2D eigenvalue weighted by molar-refractivity contribution is 0.0459. The predicted octanol–water partition coefficient (Wildman–Crippen LogP) is 4.53. The van der Waals surface area contributed by atoms with E-state index in [0.29, 0.717) is 53.8 Å². The number of carbonyl (C=O) groups excluding carboxylic acids is 1. The second kappa shape index (κ2) is 12.7. The third-order valence-corrected chi connectivity index (χ3v) is 9.75. The minimum atomic E-state index is -3.67. The summed E-state index contributed by atoms with van der Waals surface area (Å²) in [4.78, 5) is 27.9. The number of nitrogens with zero attached hydrogens (tertiary/aromatic N) is 4. The van der Waals surface area contributed by atoms with Crippen molar-refractivity contribution in [1.82, 2.24) is 14.1 Å². The molecule has 43 heavy (non-hydrogen) atoms. The SMILES string of the molecule is CC(C)COC(=O)c1cccc(CS(=O)(=O)N2CCN(c3cnn(-c4cccc(Cl)c4)c(=O)c3OCC3(C)CC3)CC2)c1. The first-order valence-corrected chi connectivity index (χ1v) is 16.4. The number of anilines is 1. The molecule has 0 amide bonds. The molecule has 5 rings (SSSR count). The van der Waals surface area contributed by atoms with Crippen molar-refractivity contribution in [2.75, 3.05) is 44.3 Å². The number of benzene rings is 2. The second-order valence-corrected chi connectivity index (χ2v) is 14.4. The van der Waals surface area contributed by atoms with Crippen molar-refractivity contribution in [2.45, 2.75) is 39.4 Å². The first kappa shape index (κ1) is 31.0. The van der Waals surface area contributed by atoms with Crippen molar-refractivity contribution >= 4 is 33.3 Å². The number of rotatable bonds is 11. The second-order valence-electron chi connectivity index (χ2n) is 12.0. The van der Waals surface area contributed by atoms with E-state index in [1.165, 1.54) is 8.99 Å². The number of piperazine rings is 1. The van der Waals surface area contributed by atoms with Gasteiger partial charge in [0.15, 0.2) is 0 Å². The Morgan fingerprint density at radius 1 is 1.07 bits per heavy atom. The van der Waals surface area contributed by atoms with E-state index < -0.39 is 21.6 Å². The Labute approximate surface area is 257 Å². The molecular formula is C31H37ClN4O6S. The van der Waals surface area contributed by atoms with E-state index in [1.807, 2.05) is 18.7 Å². The van der Waals surface area contributed by atoms with Gasteiger partial charge in [-0.05, 0) is 54.7 Å². The van der Waals surface area contributed by atoms with Crippen LogP contribution in [0, 0.1) is 11.3 Å². The predicted molar refractivity (Wildman–Crippen MR) is 166 cm³/mol. The van der Waals surface area contributed by atoms with Gasteiger partial charge in [-0.2, -0.15) is 14.1 Å². The molecule has 2 heterocycles. The standard InChI is InChI=1S/C31H37ClN4O6S/c1-22(2)19-41-30(38)24-7-4-6-23(16-24)20-43(39,40)35-14-12-34(13-15-35)27-18-33-36(26-9-5-8-25(32)17-26)29(37)28(27)42-21-31(3)10-11-31/h4-9,16-18,22H,10-15,19-21H2,1-3H3. The largest absolute Gasteiger partial charge is 0.486 e. The first-order chi connectivity index (χ1) is 20.4. The molecule has 230 valence electrons. The van der Waals surface area contributed by atoms with Crippen LogP contribution in [0.1, 0.15) is 49.5 Å². The lowest BCUT2D eigenvalue weighted by Crippen LogP contribution is -2.49. The van der Waals surface area contributed by atoms with Gasteiger partial charge in [0.1, 0.15) is 5.69 Å². The van der Waals surface area contributed by atoms with Crippen LogP contribution in [0.15, 0.2) is 59.5 Å². The van der Waals surface area contributed by atoms with E-state index in [-0.39, 0.29) is 35.9 Å². The molecular weight excluding hydrogens is 592 g/mol. The molecule has 0 atom stereocenters. The molecule has 0 unspecified atom stereocenters. The molecule has 1 aliphatic carbocycles. The molecule has 0 bridgehead atoms. The lowest BCUT2D eigenvalue weighted by Gasteiger charge is -2.35. The summed E-state index contributed by atoms with van der Waals surface area (Å²) in [6, 6.07) is 13.4.